The molecule has 4 heteroatoms. The van der Waals surface area contributed by atoms with E-state index in [4.69, 9.17) is 11.0 Å². The van der Waals surface area contributed by atoms with Crippen LogP contribution in [0.15, 0.2) is 0 Å². The predicted octanol–water partition coefficient (Wildman–Crippen LogP) is 1.50. The van der Waals surface area contributed by atoms with Crippen molar-refractivity contribution in [2.24, 2.45) is 0 Å². The van der Waals surface area contributed by atoms with E-state index >= 15 is 0 Å². The predicted molar refractivity (Wildman–Crippen MR) is 30.9 cm³/mol. The molecule has 52 valence electrons. The van der Waals surface area contributed by atoms with E-state index in [9.17, 15) is 4.79 Å². The summed E-state index contributed by atoms with van der Waals surface area (Å²) in [6, 6.07) is 1.75. The Labute approximate surface area is 66.0 Å². The molecule has 0 aromatic rings. The van der Waals surface area contributed by atoms with E-state index in [-0.39, 0.29) is 17.4 Å². The third kappa shape index (κ3) is 101. The van der Waals surface area contributed by atoms with Crippen LogP contribution in [0.25, 0.3) is 5.73 Å². The maximum atomic E-state index is 9.48. The van der Waals surface area contributed by atoms with Crippen molar-refractivity contribution in [3.05, 3.63) is 5.73 Å². The zero-order valence-electron chi connectivity index (χ0n) is 5.47. The summed E-state index contributed by atoms with van der Waals surface area (Å²) in [7, 11) is 0. The molecule has 9 heavy (non-hydrogen) atoms. The number of rotatable bonds is 1. The average Bonchev–Trinajstić information content (AvgIpc) is 1.69. The molecule has 0 fully saturated rings. The van der Waals surface area contributed by atoms with Gasteiger partial charge >= 0.3 is 0 Å². The monoisotopic (exact) mass is 165 g/mol. The first kappa shape index (κ1) is 15.8. The van der Waals surface area contributed by atoms with Gasteiger partial charge in [0.1, 0.15) is 0 Å². The van der Waals surface area contributed by atoms with Crippen molar-refractivity contribution >= 4 is 5.91 Å². The van der Waals surface area contributed by atoms with Gasteiger partial charge < -0.3 is 10.5 Å². The number of amides is 1. The fourth-order valence-electron chi connectivity index (χ4n) is 0. The molecule has 0 aliphatic heterocycles. The average molecular weight is 165 g/mol. The van der Waals surface area contributed by atoms with Crippen LogP contribution in [0, 0.1) is 11.3 Å². The number of hydrogen-bond donors (Lipinski definition) is 0. The van der Waals surface area contributed by atoms with Crippen molar-refractivity contribution < 1.29 is 22.2 Å². The van der Waals surface area contributed by atoms with E-state index in [1.165, 1.54) is 6.92 Å². The number of carbonyl (C=O) groups is 1. The van der Waals surface area contributed by atoms with Gasteiger partial charge in [0.2, 0.25) is 0 Å². The molecule has 3 nitrogen and oxygen atoms in total. The van der Waals surface area contributed by atoms with Crippen molar-refractivity contribution in [2.75, 3.05) is 0 Å². The minimum atomic E-state index is -0.495. The van der Waals surface area contributed by atoms with E-state index in [0.29, 0.717) is 6.42 Å². The van der Waals surface area contributed by atoms with Crippen LogP contribution >= 0.6 is 0 Å². The normalized spacial score (nSPS) is 5.00. The molecule has 0 bridgehead atoms. The van der Waals surface area contributed by atoms with E-state index in [1.807, 2.05) is 0 Å². The summed E-state index contributed by atoms with van der Waals surface area (Å²) >= 11 is 0. The first-order valence-corrected chi connectivity index (χ1v) is 2.24. The molecule has 0 saturated carbocycles. The maximum absolute atomic E-state index is 9.48. The van der Waals surface area contributed by atoms with Crippen LogP contribution in [0.5, 0.6) is 0 Å². The Morgan fingerprint density at radius 1 is 1.78 bits per heavy atom. The fourth-order valence-corrected chi connectivity index (χ4v) is 0. The standard InChI is InChI=1S/C3H7NO.C2H3N.Cr/c1-2-3(4)5;1-2-3;/h2H2,1H3,(H2,4,5);1H3;/p-1. The first-order valence-electron chi connectivity index (χ1n) is 2.24. The quantitative estimate of drug-likeness (QED) is 0.590. The van der Waals surface area contributed by atoms with Crippen LogP contribution in [-0.2, 0) is 22.2 Å². The molecule has 1 amide bonds. The molecule has 0 unspecified atom stereocenters. The summed E-state index contributed by atoms with van der Waals surface area (Å²) in [6.07, 6.45) is 0.333. The van der Waals surface area contributed by atoms with E-state index in [0.717, 1.165) is 0 Å². The summed E-state index contributed by atoms with van der Waals surface area (Å²) in [5.74, 6) is -0.495. The molecule has 0 rings (SSSR count). The molecule has 0 aliphatic rings. The smallest absolute Gasteiger partial charge is 0.0587 e. The van der Waals surface area contributed by atoms with Crippen LogP contribution in [0.1, 0.15) is 20.3 Å². The second kappa shape index (κ2) is 15.6. The molecule has 1 N–H and O–H groups in total. The van der Waals surface area contributed by atoms with E-state index in [1.54, 1.807) is 13.0 Å². The molecular formula is C5H9CrN2O-. The summed E-state index contributed by atoms with van der Waals surface area (Å²) in [5, 5.41) is 7.32. The van der Waals surface area contributed by atoms with Crippen LogP contribution in [0.3, 0.4) is 0 Å². The molecular weight excluding hydrogens is 156 g/mol. The third-order valence-electron chi connectivity index (χ3n) is 0.321. The molecule has 0 heterocycles. The van der Waals surface area contributed by atoms with E-state index in [2.05, 4.69) is 0 Å². The van der Waals surface area contributed by atoms with Crippen LogP contribution in [0.2, 0.25) is 0 Å². The fraction of sp³-hybridized carbons (Fsp3) is 0.600. The van der Waals surface area contributed by atoms with Gasteiger partial charge in [-0.25, -0.2) is 0 Å². The van der Waals surface area contributed by atoms with Gasteiger partial charge in [0.05, 0.1) is 6.07 Å². The number of nitrogens with zero attached hydrogens (tertiary/aromatic N) is 1. The van der Waals surface area contributed by atoms with Gasteiger partial charge in [-0.2, -0.15) is 5.26 Å². The summed E-state index contributed by atoms with van der Waals surface area (Å²) in [4.78, 5) is 9.48. The topological polar surface area (TPSA) is 64.7 Å². The van der Waals surface area contributed by atoms with Crippen molar-refractivity contribution in [1.29, 1.82) is 5.26 Å². The number of nitriles is 1. The molecule has 0 aliphatic carbocycles. The van der Waals surface area contributed by atoms with Crippen LogP contribution in [-0.4, -0.2) is 5.91 Å². The number of nitrogens with one attached hydrogen (secondary N) is 1. The Hall–Kier alpha value is -0.508. The minimum Gasteiger partial charge on any atom is -0.668 e. The molecule has 0 saturated heterocycles. The Morgan fingerprint density at radius 3 is 1.89 bits per heavy atom. The van der Waals surface area contributed by atoms with Gasteiger partial charge in [-0.1, -0.05) is 6.92 Å². The van der Waals surface area contributed by atoms with Gasteiger partial charge in [-0.3, -0.25) is 0 Å². The number of hydrogen-bond acceptors (Lipinski definition) is 2. The zero-order valence-corrected chi connectivity index (χ0v) is 6.75. The molecule has 0 radical (unpaired) electrons. The Balaban J connectivity index is -0.0000000800. The Morgan fingerprint density at radius 2 is 1.89 bits per heavy atom. The van der Waals surface area contributed by atoms with Gasteiger partial charge in [-0.15, -0.1) is 0 Å². The molecule has 0 atom stereocenters. The second-order valence-electron chi connectivity index (χ2n) is 1.00. The van der Waals surface area contributed by atoms with Gasteiger partial charge in [0.15, 0.2) is 0 Å². The summed E-state index contributed by atoms with van der Waals surface area (Å²) in [5.41, 5.74) is 6.19. The Kier molecular flexibility index (Phi) is 27.5. The minimum absolute atomic E-state index is 0. The van der Waals surface area contributed by atoms with E-state index < -0.39 is 5.91 Å². The van der Waals surface area contributed by atoms with Gasteiger partial charge in [0.25, 0.3) is 0 Å². The first-order chi connectivity index (χ1) is 3.68. The SMILES string of the molecule is CC#N.CCC([NH-])=O.[Cr]. The molecule has 0 aromatic heterocycles. The second-order valence-corrected chi connectivity index (χ2v) is 1.00. The molecule has 0 aromatic carbocycles. The third-order valence-corrected chi connectivity index (χ3v) is 0.321. The maximum Gasteiger partial charge on any atom is 0.0587 e. The van der Waals surface area contributed by atoms with Crippen molar-refractivity contribution in [2.45, 2.75) is 20.3 Å². The van der Waals surface area contributed by atoms with Crippen molar-refractivity contribution in [3.8, 4) is 6.07 Å². The summed E-state index contributed by atoms with van der Waals surface area (Å²) < 4.78 is 0. The van der Waals surface area contributed by atoms with Crippen LogP contribution in [0.4, 0.5) is 0 Å². The molecule has 0 spiro atoms. The zero-order chi connectivity index (χ0) is 6.99. The number of carbonyl (C=O) groups excluding carboxylic acids is 1. The van der Waals surface area contributed by atoms with Gasteiger partial charge in [-0.05, 0) is 6.42 Å². The summed E-state index contributed by atoms with van der Waals surface area (Å²) in [6.45, 7) is 3.09. The largest absolute Gasteiger partial charge is 0.668 e. The van der Waals surface area contributed by atoms with Crippen LogP contribution < -0.4 is 0 Å². The van der Waals surface area contributed by atoms with Gasteiger partial charge in [0, 0.05) is 30.2 Å². The van der Waals surface area contributed by atoms with Crippen molar-refractivity contribution in [3.63, 3.8) is 0 Å². The van der Waals surface area contributed by atoms with Crippen molar-refractivity contribution in [1.82, 2.24) is 0 Å². The Bertz CT molecular complexity index is 97.6.